The van der Waals surface area contributed by atoms with Crippen molar-refractivity contribution in [3.63, 3.8) is 0 Å². The van der Waals surface area contributed by atoms with E-state index in [-0.39, 0.29) is 11.7 Å². The van der Waals surface area contributed by atoms with Gasteiger partial charge in [-0.1, -0.05) is 18.2 Å². The normalized spacial score (nSPS) is 10.4. The second-order valence-electron chi connectivity index (χ2n) is 5.26. The number of carbonyl (C=O) groups is 1. The molecule has 0 aliphatic rings. The quantitative estimate of drug-likeness (QED) is 0.905. The summed E-state index contributed by atoms with van der Waals surface area (Å²) in [6, 6.07) is 10.6. The molecule has 4 heteroatoms. The molecule has 0 radical (unpaired) electrons. The number of nitrogens with one attached hydrogen (secondary N) is 1. The lowest BCUT2D eigenvalue weighted by Gasteiger charge is -2.10. The fraction of sp³-hybridized carbons (Fsp3) is 0.278. The van der Waals surface area contributed by atoms with Crippen LogP contribution in [0.5, 0.6) is 5.75 Å². The van der Waals surface area contributed by atoms with Crippen molar-refractivity contribution in [1.29, 1.82) is 0 Å². The Morgan fingerprint density at radius 1 is 1.23 bits per heavy atom. The molecule has 0 heterocycles. The van der Waals surface area contributed by atoms with E-state index in [2.05, 4.69) is 5.32 Å². The van der Waals surface area contributed by atoms with Crippen molar-refractivity contribution in [3.05, 3.63) is 58.9 Å². The van der Waals surface area contributed by atoms with Gasteiger partial charge in [-0.05, 0) is 55.2 Å². The molecule has 1 N–H and O–H groups in total. The topological polar surface area (TPSA) is 38.3 Å². The zero-order chi connectivity index (χ0) is 16.1. The second-order valence-corrected chi connectivity index (χ2v) is 5.26. The first-order chi connectivity index (χ1) is 10.5. The van der Waals surface area contributed by atoms with Crippen molar-refractivity contribution in [2.45, 2.75) is 26.7 Å². The van der Waals surface area contributed by atoms with Gasteiger partial charge in [0.15, 0.2) is 11.6 Å². The SMILES string of the molecule is COc1ccc(CCC(=O)Nc2cccc(C)c2C)cc1F. The Kier molecular flexibility index (Phi) is 5.15. The van der Waals surface area contributed by atoms with Crippen LogP contribution in [0.25, 0.3) is 0 Å². The lowest BCUT2D eigenvalue weighted by atomic mass is 10.1. The van der Waals surface area contributed by atoms with Crippen molar-refractivity contribution >= 4 is 11.6 Å². The fourth-order valence-corrected chi connectivity index (χ4v) is 2.22. The predicted molar refractivity (Wildman–Crippen MR) is 85.8 cm³/mol. The molecular formula is C18H20FNO2. The molecule has 0 unspecified atom stereocenters. The molecule has 0 fully saturated rings. The smallest absolute Gasteiger partial charge is 0.224 e. The van der Waals surface area contributed by atoms with Gasteiger partial charge in [0, 0.05) is 12.1 Å². The third kappa shape index (κ3) is 3.85. The molecule has 0 aromatic heterocycles. The van der Waals surface area contributed by atoms with Crippen molar-refractivity contribution in [2.75, 3.05) is 12.4 Å². The molecule has 0 aliphatic heterocycles. The van der Waals surface area contributed by atoms with Crippen molar-refractivity contribution in [2.24, 2.45) is 0 Å². The van der Waals surface area contributed by atoms with E-state index in [4.69, 9.17) is 4.74 Å². The highest BCUT2D eigenvalue weighted by molar-refractivity contribution is 5.91. The fourth-order valence-electron chi connectivity index (χ4n) is 2.22. The number of benzene rings is 2. The largest absolute Gasteiger partial charge is 0.494 e. The summed E-state index contributed by atoms with van der Waals surface area (Å²) in [5, 5.41) is 2.90. The molecule has 2 aromatic carbocycles. The minimum Gasteiger partial charge on any atom is -0.494 e. The number of halogens is 1. The summed E-state index contributed by atoms with van der Waals surface area (Å²) in [5.41, 5.74) is 3.79. The average molecular weight is 301 g/mol. The molecule has 1 amide bonds. The first-order valence-electron chi connectivity index (χ1n) is 7.19. The van der Waals surface area contributed by atoms with Gasteiger partial charge < -0.3 is 10.1 Å². The van der Waals surface area contributed by atoms with Crippen LogP contribution in [0, 0.1) is 19.7 Å². The summed E-state index contributed by atoms with van der Waals surface area (Å²) >= 11 is 0. The van der Waals surface area contributed by atoms with Crippen LogP contribution in [0.15, 0.2) is 36.4 Å². The van der Waals surface area contributed by atoms with Crippen LogP contribution in [-0.2, 0) is 11.2 Å². The van der Waals surface area contributed by atoms with E-state index in [0.717, 1.165) is 22.4 Å². The molecule has 0 spiro atoms. The van der Waals surface area contributed by atoms with Crippen LogP contribution in [0.4, 0.5) is 10.1 Å². The molecule has 0 saturated carbocycles. The molecule has 0 aliphatic carbocycles. The summed E-state index contributed by atoms with van der Waals surface area (Å²) in [6.07, 6.45) is 0.788. The molecule has 2 rings (SSSR count). The van der Waals surface area contributed by atoms with E-state index < -0.39 is 5.82 Å². The highest BCUT2D eigenvalue weighted by Gasteiger charge is 2.08. The molecule has 0 saturated heterocycles. The van der Waals surface area contributed by atoms with E-state index in [1.54, 1.807) is 12.1 Å². The van der Waals surface area contributed by atoms with Crippen LogP contribution < -0.4 is 10.1 Å². The minimum atomic E-state index is -0.407. The number of ether oxygens (including phenoxy) is 1. The summed E-state index contributed by atoms with van der Waals surface area (Å²) in [5.74, 6) is -0.275. The molecule has 0 bridgehead atoms. The first-order valence-corrected chi connectivity index (χ1v) is 7.19. The average Bonchev–Trinajstić information content (AvgIpc) is 2.50. The molecule has 3 nitrogen and oxygen atoms in total. The van der Waals surface area contributed by atoms with E-state index >= 15 is 0 Å². The maximum absolute atomic E-state index is 13.6. The number of hydrogen-bond donors (Lipinski definition) is 1. The summed E-state index contributed by atoms with van der Waals surface area (Å²) < 4.78 is 18.5. The minimum absolute atomic E-state index is 0.0788. The molecule has 116 valence electrons. The number of aryl methyl sites for hydroxylation is 2. The lowest BCUT2D eigenvalue weighted by molar-refractivity contribution is -0.116. The van der Waals surface area contributed by atoms with Gasteiger partial charge in [0.2, 0.25) is 5.91 Å². The number of amides is 1. The predicted octanol–water partition coefficient (Wildman–Crippen LogP) is 4.02. The van der Waals surface area contributed by atoms with E-state index in [1.807, 2.05) is 32.0 Å². The molecule has 0 atom stereocenters. The van der Waals surface area contributed by atoms with Crippen LogP contribution >= 0.6 is 0 Å². The lowest BCUT2D eigenvalue weighted by Crippen LogP contribution is -2.13. The van der Waals surface area contributed by atoms with E-state index in [0.29, 0.717) is 12.8 Å². The Hall–Kier alpha value is -2.36. The maximum atomic E-state index is 13.6. The van der Waals surface area contributed by atoms with Gasteiger partial charge in [0.25, 0.3) is 0 Å². The van der Waals surface area contributed by atoms with Gasteiger partial charge in [0.1, 0.15) is 0 Å². The molecule has 22 heavy (non-hydrogen) atoms. The molecular weight excluding hydrogens is 281 g/mol. The van der Waals surface area contributed by atoms with Crippen LogP contribution in [0.2, 0.25) is 0 Å². The summed E-state index contributed by atoms with van der Waals surface area (Å²) in [7, 11) is 1.43. The van der Waals surface area contributed by atoms with Crippen molar-refractivity contribution < 1.29 is 13.9 Å². The standard InChI is InChI=1S/C18H20FNO2/c1-12-5-4-6-16(13(12)2)20-18(21)10-8-14-7-9-17(22-3)15(19)11-14/h4-7,9,11H,8,10H2,1-3H3,(H,20,21). The monoisotopic (exact) mass is 301 g/mol. The number of rotatable bonds is 5. The van der Waals surface area contributed by atoms with Gasteiger partial charge >= 0.3 is 0 Å². The highest BCUT2D eigenvalue weighted by atomic mass is 19.1. The van der Waals surface area contributed by atoms with Crippen LogP contribution in [0.1, 0.15) is 23.1 Å². The summed E-state index contributed by atoms with van der Waals surface area (Å²) in [4.78, 5) is 12.0. The first kappa shape index (κ1) is 16.0. The number of hydrogen-bond acceptors (Lipinski definition) is 2. The Balaban J connectivity index is 1.95. The van der Waals surface area contributed by atoms with Gasteiger partial charge in [-0.15, -0.1) is 0 Å². The van der Waals surface area contributed by atoms with Crippen molar-refractivity contribution in [1.82, 2.24) is 0 Å². The summed E-state index contributed by atoms with van der Waals surface area (Å²) in [6.45, 7) is 3.98. The van der Waals surface area contributed by atoms with E-state index in [9.17, 15) is 9.18 Å². The third-order valence-corrected chi connectivity index (χ3v) is 3.74. The van der Waals surface area contributed by atoms with Crippen LogP contribution in [0.3, 0.4) is 0 Å². The van der Waals surface area contributed by atoms with Gasteiger partial charge in [-0.2, -0.15) is 0 Å². The second kappa shape index (κ2) is 7.07. The number of anilines is 1. The van der Waals surface area contributed by atoms with E-state index in [1.165, 1.54) is 13.2 Å². The van der Waals surface area contributed by atoms with Gasteiger partial charge in [0.05, 0.1) is 7.11 Å². The van der Waals surface area contributed by atoms with Crippen LogP contribution in [-0.4, -0.2) is 13.0 Å². The Morgan fingerprint density at radius 3 is 2.68 bits per heavy atom. The number of methoxy groups -OCH3 is 1. The van der Waals surface area contributed by atoms with Gasteiger partial charge in [-0.25, -0.2) is 4.39 Å². The number of carbonyl (C=O) groups excluding carboxylic acids is 1. The van der Waals surface area contributed by atoms with Gasteiger partial charge in [-0.3, -0.25) is 4.79 Å². The Morgan fingerprint density at radius 2 is 2.00 bits per heavy atom. The Bertz CT molecular complexity index is 683. The zero-order valence-corrected chi connectivity index (χ0v) is 13.1. The molecule has 2 aromatic rings. The third-order valence-electron chi connectivity index (χ3n) is 3.74. The Labute approximate surface area is 130 Å². The zero-order valence-electron chi connectivity index (χ0n) is 13.1. The van der Waals surface area contributed by atoms with Crippen molar-refractivity contribution in [3.8, 4) is 5.75 Å². The maximum Gasteiger partial charge on any atom is 0.224 e. The highest BCUT2D eigenvalue weighted by Crippen LogP contribution is 2.20.